The monoisotopic (exact) mass is 841 g/mol. The van der Waals surface area contributed by atoms with Gasteiger partial charge in [0.1, 0.15) is 11.5 Å². The van der Waals surface area contributed by atoms with E-state index in [4.69, 9.17) is 50.0 Å². The summed E-state index contributed by atoms with van der Waals surface area (Å²) in [5, 5.41) is 44.3. The van der Waals surface area contributed by atoms with E-state index in [1.54, 1.807) is 49.3 Å². The SMILES string of the molecule is CC(C)(c1cc(Br)c(OC#N)c(Br)c1)c1cc(Br)c(OC#N)c(Br)c1.N#COc1ccc2c(OC#N)cc(OC#N)cc2c1. The highest BCUT2D eigenvalue weighted by Gasteiger charge is 2.27. The summed E-state index contributed by atoms with van der Waals surface area (Å²) in [5.41, 5.74) is 1.64. The smallest absolute Gasteiger partial charge is 0.292 e. The van der Waals surface area contributed by atoms with Crippen molar-refractivity contribution >= 4 is 74.5 Å². The molecule has 0 atom stereocenters. The lowest BCUT2D eigenvalue weighted by molar-refractivity contribution is 0.488. The second-order valence-corrected chi connectivity index (χ2v) is 12.4. The van der Waals surface area contributed by atoms with Crippen LogP contribution in [-0.4, -0.2) is 0 Å². The van der Waals surface area contributed by atoms with Gasteiger partial charge in [0.2, 0.25) is 0 Å². The molecule has 0 aliphatic carbocycles. The Labute approximate surface area is 285 Å². The van der Waals surface area contributed by atoms with Gasteiger partial charge in [-0.05, 0) is 129 Å². The molecule has 4 aromatic carbocycles. The Balaban J connectivity index is 0.000000249. The third-order valence-electron chi connectivity index (χ3n) is 6.08. The lowest BCUT2D eigenvalue weighted by atomic mass is 9.78. The molecule has 0 unspecified atom stereocenters. The minimum atomic E-state index is -0.369. The summed E-state index contributed by atoms with van der Waals surface area (Å²) in [4.78, 5) is 0. The van der Waals surface area contributed by atoms with Crippen LogP contribution in [0.4, 0.5) is 0 Å². The van der Waals surface area contributed by atoms with Gasteiger partial charge in [0.05, 0.1) is 17.9 Å². The van der Waals surface area contributed by atoms with E-state index >= 15 is 0 Å². The van der Waals surface area contributed by atoms with Gasteiger partial charge in [-0.15, -0.1) is 26.3 Å². The minimum Gasteiger partial charge on any atom is -0.388 e. The zero-order valence-corrected chi connectivity index (χ0v) is 28.8. The van der Waals surface area contributed by atoms with Crippen LogP contribution < -0.4 is 23.7 Å². The molecule has 0 saturated carbocycles. The molecule has 4 aromatic rings. The van der Waals surface area contributed by atoms with Gasteiger partial charge in [0, 0.05) is 16.9 Å². The van der Waals surface area contributed by atoms with Gasteiger partial charge in [0.15, 0.2) is 17.2 Å². The first-order valence-corrected chi connectivity index (χ1v) is 15.0. The summed E-state index contributed by atoms with van der Waals surface area (Å²) in [7, 11) is 0. The van der Waals surface area contributed by atoms with Gasteiger partial charge in [-0.3, -0.25) is 0 Å². The molecular weight excluding hydrogens is 830 g/mol. The van der Waals surface area contributed by atoms with Crippen molar-refractivity contribution in [1.29, 1.82) is 26.3 Å². The van der Waals surface area contributed by atoms with Crippen LogP contribution in [0, 0.1) is 57.6 Å². The quantitative estimate of drug-likeness (QED) is 0.164. The molecule has 0 aliphatic rings. The Hall–Kier alpha value is -4.49. The average Bonchev–Trinajstić information content (AvgIpc) is 2.97. The van der Waals surface area contributed by atoms with Crippen molar-refractivity contribution in [2.45, 2.75) is 19.3 Å². The normalized spacial score (nSPS) is 9.93. The fraction of sp³-hybridized carbons (Fsp3) is 0.100. The molecule has 0 amide bonds. The maximum absolute atomic E-state index is 8.75. The van der Waals surface area contributed by atoms with E-state index in [0.717, 1.165) is 11.1 Å². The number of fused-ring (bicyclic) bond motifs is 1. The number of nitriles is 5. The highest BCUT2D eigenvalue weighted by molar-refractivity contribution is 9.11. The summed E-state index contributed by atoms with van der Waals surface area (Å²) in [6, 6.07) is 15.5. The van der Waals surface area contributed by atoms with Crippen LogP contribution in [0.25, 0.3) is 10.8 Å². The van der Waals surface area contributed by atoms with Crippen molar-refractivity contribution in [1.82, 2.24) is 0 Å². The Bertz CT molecular complexity index is 1820. The van der Waals surface area contributed by atoms with Gasteiger partial charge in [0.25, 0.3) is 31.3 Å². The predicted molar refractivity (Wildman–Crippen MR) is 171 cm³/mol. The average molecular weight is 845 g/mol. The van der Waals surface area contributed by atoms with Crippen LogP contribution in [0.2, 0.25) is 0 Å². The van der Waals surface area contributed by atoms with Crippen LogP contribution >= 0.6 is 63.7 Å². The van der Waals surface area contributed by atoms with Crippen molar-refractivity contribution in [3.05, 3.63) is 83.6 Å². The number of rotatable bonds is 7. The van der Waals surface area contributed by atoms with E-state index in [-0.39, 0.29) is 16.9 Å². The van der Waals surface area contributed by atoms with E-state index in [9.17, 15) is 0 Å². The largest absolute Gasteiger partial charge is 0.388 e. The van der Waals surface area contributed by atoms with Gasteiger partial charge in [-0.1, -0.05) is 13.8 Å². The molecule has 4 rings (SSSR count). The third-order valence-corrected chi connectivity index (χ3v) is 8.43. The Morgan fingerprint density at radius 3 is 1.36 bits per heavy atom. The molecule has 218 valence electrons. The van der Waals surface area contributed by atoms with Crippen molar-refractivity contribution in [2.75, 3.05) is 0 Å². The number of benzene rings is 4. The number of hydrogen-bond donors (Lipinski definition) is 0. The lowest BCUT2D eigenvalue weighted by Gasteiger charge is -2.28. The van der Waals surface area contributed by atoms with E-state index in [2.05, 4.69) is 77.6 Å². The van der Waals surface area contributed by atoms with E-state index in [1.807, 2.05) is 24.3 Å². The minimum absolute atomic E-state index is 0.231. The maximum Gasteiger partial charge on any atom is 0.292 e. The summed E-state index contributed by atoms with van der Waals surface area (Å²) in [5.74, 6) is 1.69. The predicted octanol–water partition coefficient (Wildman–Crippen LogP) is 9.20. The molecule has 0 aromatic heterocycles. The standard InChI is InChI=1S/C17H10Br4N2O2.C13H5N3O3/c1-17(2,9-3-11(18)15(24-7-22)12(19)4-9)10-5-13(20)16(25-8-23)14(21)6-10;14-6-17-10-1-2-12-9(3-10)4-11(18-7-15)5-13(12)19-8-16/h3-6H,1-2H3;1-5H. The molecule has 0 N–H and O–H groups in total. The molecule has 0 fully saturated rings. The molecule has 44 heavy (non-hydrogen) atoms. The van der Waals surface area contributed by atoms with Crippen LogP contribution in [0.5, 0.6) is 28.7 Å². The zero-order chi connectivity index (χ0) is 32.4. The highest BCUT2D eigenvalue weighted by Crippen LogP contribution is 2.44. The summed E-state index contributed by atoms with van der Waals surface area (Å²) in [6.07, 6.45) is 8.01. The van der Waals surface area contributed by atoms with Gasteiger partial charge in [-0.2, -0.15) is 0 Å². The number of halogens is 4. The van der Waals surface area contributed by atoms with Crippen LogP contribution in [0.15, 0.2) is 72.5 Å². The Morgan fingerprint density at radius 2 is 0.932 bits per heavy atom. The molecule has 0 saturated heterocycles. The topological polar surface area (TPSA) is 165 Å². The fourth-order valence-corrected chi connectivity index (χ4v) is 6.64. The van der Waals surface area contributed by atoms with Crippen LogP contribution in [0.1, 0.15) is 25.0 Å². The van der Waals surface area contributed by atoms with Gasteiger partial charge < -0.3 is 23.7 Å². The molecule has 0 aliphatic heterocycles. The molecule has 14 heteroatoms. The second kappa shape index (κ2) is 15.3. The van der Waals surface area contributed by atoms with Crippen molar-refractivity contribution in [2.24, 2.45) is 0 Å². The van der Waals surface area contributed by atoms with Crippen LogP contribution in [-0.2, 0) is 5.41 Å². The fourth-order valence-electron chi connectivity index (χ4n) is 3.94. The first kappa shape index (κ1) is 34.0. The lowest BCUT2D eigenvalue weighted by Crippen LogP contribution is -2.19. The van der Waals surface area contributed by atoms with Crippen LogP contribution in [0.3, 0.4) is 0 Å². The van der Waals surface area contributed by atoms with E-state index < -0.39 is 0 Å². The summed E-state index contributed by atoms with van der Waals surface area (Å²) >= 11 is 13.8. The van der Waals surface area contributed by atoms with E-state index in [1.165, 1.54) is 12.3 Å². The number of hydrogen-bond acceptors (Lipinski definition) is 10. The molecule has 0 spiro atoms. The Morgan fingerprint density at radius 1 is 0.523 bits per heavy atom. The van der Waals surface area contributed by atoms with Crippen molar-refractivity contribution < 1.29 is 23.7 Å². The highest BCUT2D eigenvalue weighted by atomic mass is 79.9. The molecule has 10 nitrogen and oxygen atoms in total. The Kier molecular flexibility index (Phi) is 11.8. The zero-order valence-electron chi connectivity index (χ0n) is 22.5. The first-order chi connectivity index (χ1) is 21.0. The summed E-state index contributed by atoms with van der Waals surface area (Å²) < 4.78 is 26.9. The van der Waals surface area contributed by atoms with Crippen molar-refractivity contribution in [3.8, 4) is 60.0 Å². The molecular formula is C30H15Br4N5O5. The van der Waals surface area contributed by atoms with E-state index in [0.29, 0.717) is 45.9 Å². The second-order valence-electron chi connectivity index (χ2n) is 8.93. The van der Waals surface area contributed by atoms with Gasteiger partial charge in [-0.25, -0.2) is 0 Å². The number of nitrogens with zero attached hydrogens (tertiary/aromatic N) is 5. The molecule has 0 radical (unpaired) electrons. The van der Waals surface area contributed by atoms with Gasteiger partial charge >= 0.3 is 0 Å². The number of ether oxygens (including phenoxy) is 5. The third kappa shape index (κ3) is 7.91. The first-order valence-electron chi connectivity index (χ1n) is 11.9. The maximum atomic E-state index is 8.75. The molecule has 0 bridgehead atoms. The van der Waals surface area contributed by atoms with Crippen molar-refractivity contribution in [3.63, 3.8) is 0 Å². The molecule has 0 heterocycles. The summed E-state index contributed by atoms with van der Waals surface area (Å²) in [6.45, 7) is 4.15.